The van der Waals surface area contributed by atoms with Gasteiger partial charge in [0, 0.05) is 11.8 Å². The van der Waals surface area contributed by atoms with Gasteiger partial charge < -0.3 is 10.5 Å². The van der Waals surface area contributed by atoms with E-state index in [-0.39, 0.29) is 0 Å². The summed E-state index contributed by atoms with van der Waals surface area (Å²) in [7, 11) is 0. The van der Waals surface area contributed by atoms with Crippen LogP contribution < -0.4 is 10.5 Å². The molecule has 0 aliphatic rings. The van der Waals surface area contributed by atoms with Crippen LogP contribution in [-0.4, -0.2) is 0 Å². The molecule has 2 nitrogen and oxygen atoms in total. The Kier molecular flexibility index (Phi) is 3.56. The highest BCUT2D eigenvalue weighted by Gasteiger charge is 2.02. The number of ether oxygens (including phenoxy) is 1. The van der Waals surface area contributed by atoms with Crippen LogP contribution in [0.5, 0.6) is 5.75 Å². The van der Waals surface area contributed by atoms with Crippen molar-refractivity contribution in [3.8, 4) is 5.75 Å². The Morgan fingerprint density at radius 2 is 1.67 bits per heavy atom. The highest BCUT2D eigenvalue weighted by molar-refractivity contribution is 5.50. The molecule has 0 spiro atoms. The van der Waals surface area contributed by atoms with E-state index in [0.29, 0.717) is 6.61 Å². The fraction of sp³-hybridized carbons (Fsp3) is 0.250. The predicted octanol–water partition coefficient (Wildman–Crippen LogP) is 3.77. The van der Waals surface area contributed by atoms with Gasteiger partial charge in [0.1, 0.15) is 12.4 Å². The summed E-state index contributed by atoms with van der Waals surface area (Å²) in [5.41, 5.74) is 11.4. The Bertz CT molecular complexity index is 561. The standard InChI is InChI=1S/C16H19NO/c1-11-4-5-12(2)14(8-11)10-18-15-7-6-13(3)16(17)9-15/h4-9H,10,17H2,1-3H3. The van der Waals surface area contributed by atoms with Crippen LogP contribution in [0.2, 0.25) is 0 Å². The summed E-state index contributed by atoms with van der Waals surface area (Å²) < 4.78 is 5.78. The fourth-order valence-corrected chi connectivity index (χ4v) is 1.83. The topological polar surface area (TPSA) is 35.2 Å². The zero-order chi connectivity index (χ0) is 13.1. The number of hydrogen-bond acceptors (Lipinski definition) is 2. The smallest absolute Gasteiger partial charge is 0.121 e. The van der Waals surface area contributed by atoms with Gasteiger partial charge in [0.25, 0.3) is 0 Å². The molecule has 0 aromatic heterocycles. The van der Waals surface area contributed by atoms with E-state index in [0.717, 1.165) is 17.0 Å². The largest absolute Gasteiger partial charge is 0.489 e. The van der Waals surface area contributed by atoms with Crippen LogP contribution in [0, 0.1) is 20.8 Å². The van der Waals surface area contributed by atoms with E-state index in [9.17, 15) is 0 Å². The van der Waals surface area contributed by atoms with Gasteiger partial charge in [-0.2, -0.15) is 0 Å². The molecule has 0 heterocycles. The third kappa shape index (κ3) is 2.83. The Morgan fingerprint density at radius 1 is 0.944 bits per heavy atom. The van der Waals surface area contributed by atoms with Crippen LogP contribution in [-0.2, 0) is 6.61 Å². The molecule has 0 aliphatic heterocycles. The van der Waals surface area contributed by atoms with Crippen molar-refractivity contribution in [3.05, 3.63) is 58.7 Å². The minimum Gasteiger partial charge on any atom is -0.489 e. The van der Waals surface area contributed by atoms with Gasteiger partial charge in [0.05, 0.1) is 0 Å². The first-order valence-corrected chi connectivity index (χ1v) is 6.11. The van der Waals surface area contributed by atoms with Crippen molar-refractivity contribution < 1.29 is 4.74 Å². The second-order valence-electron chi connectivity index (χ2n) is 4.74. The van der Waals surface area contributed by atoms with Gasteiger partial charge in [0.2, 0.25) is 0 Å². The van der Waals surface area contributed by atoms with Gasteiger partial charge in [-0.25, -0.2) is 0 Å². The van der Waals surface area contributed by atoms with Gasteiger partial charge in [-0.15, -0.1) is 0 Å². The minimum atomic E-state index is 0.579. The number of aryl methyl sites for hydroxylation is 3. The SMILES string of the molecule is Cc1ccc(C)c(COc2ccc(C)c(N)c2)c1. The lowest BCUT2D eigenvalue weighted by Crippen LogP contribution is -1.99. The maximum absolute atomic E-state index is 5.86. The number of anilines is 1. The van der Waals surface area contributed by atoms with Crippen molar-refractivity contribution in [2.24, 2.45) is 0 Å². The normalized spacial score (nSPS) is 10.4. The fourth-order valence-electron chi connectivity index (χ4n) is 1.83. The van der Waals surface area contributed by atoms with Crippen LogP contribution >= 0.6 is 0 Å². The molecule has 0 aliphatic carbocycles. The first-order valence-electron chi connectivity index (χ1n) is 6.11. The lowest BCUT2D eigenvalue weighted by atomic mass is 10.1. The van der Waals surface area contributed by atoms with Crippen LogP contribution in [0.4, 0.5) is 5.69 Å². The van der Waals surface area contributed by atoms with Gasteiger partial charge >= 0.3 is 0 Å². The first-order chi connectivity index (χ1) is 8.56. The quantitative estimate of drug-likeness (QED) is 0.830. The molecule has 0 bridgehead atoms. The van der Waals surface area contributed by atoms with Crippen LogP contribution in [0.1, 0.15) is 22.3 Å². The van der Waals surface area contributed by atoms with Gasteiger partial charge in [-0.3, -0.25) is 0 Å². The number of benzene rings is 2. The first kappa shape index (κ1) is 12.5. The van der Waals surface area contributed by atoms with Crippen LogP contribution in [0.15, 0.2) is 36.4 Å². The summed E-state index contributed by atoms with van der Waals surface area (Å²) in [4.78, 5) is 0. The van der Waals surface area contributed by atoms with Crippen molar-refractivity contribution in [1.82, 2.24) is 0 Å². The van der Waals surface area contributed by atoms with E-state index >= 15 is 0 Å². The summed E-state index contributed by atoms with van der Waals surface area (Å²) in [5.74, 6) is 0.819. The molecule has 0 amide bonds. The summed E-state index contributed by atoms with van der Waals surface area (Å²) in [5, 5.41) is 0. The van der Waals surface area contributed by atoms with Crippen molar-refractivity contribution in [2.75, 3.05) is 5.73 Å². The number of nitrogens with two attached hydrogens (primary N) is 1. The van der Waals surface area contributed by atoms with Crippen molar-refractivity contribution in [1.29, 1.82) is 0 Å². The average molecular weight is 241 g/mol. The molecule has 2 aromatic rings. The molecule has 2 heteroatoms. The van der Waals surface area contributed by atoms with Gasteiger partial charge in [-0.1, -0.05) is 29.8 Å². The second-order valence-corrected chi connectivity index (χ2v) is 4.74. The molecule has 18 heavy (non-hydrogen) atoms. The lowest BCUT2D eigenvalue weighted by Gasteiger charge is -2.10. The molecule has 0 fully saturated rings. The highest BCUT2D eigenvalue weighted by atomic mass is 16.5. The summed E-state index contributed by atoms with van der Waals surface area (Å²) >= 11 is 0. The van der Waals surface area contributed by atoms with E-state index in [2.05, 4.69) is 32.0 Å². The molecule has 0 unspecified atom stereocenters. The van der Waals surface area contributed by atoms with Crippen molar-refractivity contribution >= 4 is 5.69 Å². The molecule has 2 aromatic carbocycles. The molecular weight excluding hydrogens is 222 g/mol. The molecule has 0 atom stereocenters. The van der Waals surface area contributed by atoms with E-state index in [1.165, 1.54) is 16.7 Å². The van der Waals surface area contributed by atoms with Gasteiger partial charge in [-0.05, 0) is 43.5 Å². The van der Waals surface area contributed by atoms with E-state index in [1.54, 1.807) is 0 Å². The average Bonchev–Trinajstić information content (AvgIpc) is 2.34. The van der Waals surface area contributed by atoms with Gasteiger partial charge in [0.15, 0.2) is 0 Å². The molecule has 0 radical (unpaired) electrons. The molecule has 2 rings (SSSR count). The molecule has 0 saturated carbocycles. The monoisotopic (exact) mass is 241 g/mol. The summed E-state index contributed by atoms with van der Waals surface area (Å²) in [6.45, 7) is 6.76. The zero-order valence-corrected chi connectivity index (χ0v) is 11.2. The second kappa shape index (κ2) is 5.13. The Hall–Kier alpha value is -1.96. The minimum absolute atomic E-state index is 0.579. The zero-order valence-electron chi connectivity index (χ0n) is 11.2. The number of nitrogen functional groups attached to an aromatic ring is 1. The number of rotatable bonds is 3. The van der Waals surface area contributed by atoms with Crippen LogP contribution in [0.3, 0.4) is 0 Å². The van der Waals surface area contributed by atoms with E-state index in [4.69, 9.17) is 10.5 Å². The molecule has 94 valence electrons. The Labute approximate surface area is 108 Å². The maximum Gasteiger partial charge on any atom is 0.121 e. The van der Waals surface area contributed by atoms with Crippen molar-refractivity contribution in [2.45, 2.75) is 27.4 Å². The molecule has 0 saturated heterocycles. The molecule has 2 N–H and O–H groups in total. The van der Waals surface area contributed by atoms with E-state index in [1.807, 2.05) is 25.1 Å². The Balaban J connectivity index is 2.11. The third-order valence-corrected chi connectivity index (χ3v) is 3.15. The van der Waals surface area contributed by atoms with Crippen molar-refractivity contribution in [3.63, 3.8) is 0 Å². The summed E-state index contributed by atoms with van der Waals surface area (Å²) in [6.07, 6.45) is 0. The van der Waals surface area contributed by atoms with Crippen LogP contribution in [0.25, 0.3) is 0 Å². The predicted molar refractivity (Wildman–Crippen MR) is 75.8 cm³/mol. The summed E-state index contributed by atoms with van der Waals surface area (Å²) in [6, 6.07) is 12.2. The highest BCUT2D eigenvalue weighted by Crippen LogP contribution is 2.21. The molecular formula is C16H19NO. The van der Waals surface area contributed by atoms with E-state index < -0.39 is 0 Å². The Morgan fingerprint density at radius 3 is 2.39 bits per heavy atom. The lowest BCUT2D eigenvalue weighted by molar-refractivity contribution is 0.305. The maximum atomic E-state index is 5.86. The third-order valence-electron chi connectivity index (χ3n) is 3.15. The number of hydrogen-bond donors (Lipinski definition) is 1.